The summed E-state index contributed by atoms with van der Waals surface area (Å²) in [5.74, 6) is 0. The highest BCUT2D eigenvalue weighted by molar-refractivity contribution is 7.00. The molecule has 0 radical (unpaired) electrons. The zero-order chi connectivity index (χ0) is 24.7. The number of rotatable bonds is 7. The maximum Gasteiger partial charge on any atom is 0.191 e. The van der Waals surface area contributed by atoms with Gasteiger partial charge in [-0.1, -0.05) is 121 Å². The molecule has 3 heteroatoms. The molecule has 0 N–H and O–H groups in total. The van der Waals surface area contributed by atoms with Crippen LogP contribution in [0.25, 0.3) is 10.8 Å². The second-order valence-electron chi connectivity index (χ2n) is 13.7. The summed E-state index contributed by atoms with van der Waals surface area (Å²) < 4.78 is 6.68. The monoisotopic (exact) mass is 506 g/mol. The van der Waals surface area contributed by atoms with Gasteiger partial charge >= 0.3 is 0 Å². The number of hydrogen-bond acceptors (Lipinski definition) is 1. The zero-order valence-corrected chi connectivity index (χ0v) is 25.3. The van der Waals surface area contributed by atoms with Crippen molar-refractivity contribution in [3.63, 3.8) is 0 Å². The van der Waals surface area contributed by atoms with Gasteiger partial charge in [0.15, 0.2) is 8.32 Å². The van der Waals surface area contributed by atoms with E-state index in [9.17, 15) is 0 Å². The molecule has 5 rings (SSSR count). The molecule has 2 aromatic carbocycles. The van der Waals surface area contributed by atoms with Crippen molar-refractivity contribution < 1.29 is 4.43 Å². The van der Waals surface area contributed by atoms with Crippen LogP contribution in [0.3, 0.4) is 0 Å². The van der Waals surface area contributed by atoms with E-state index in [2.05, 4.69) is 70.3 Å². The predicted octanol–water partition coefficient (Wildman–Crippen LogP) is 9.60. The Morgan fingerprint density at radius 3 is 2.03 bits per heavy atom. The van der Waals surface area contributed by atoms with Gasteiger partial charge in [-0.25, -0.2) is 0 Å². The van der Waals surface area contributed by atoms with E-state index in [0.717, 1.165) is 23.2 Å². The Balaban J connectivity index is 1.50. The molecule has 1 atom stereocenters. The predicted molar refractivity (Wildman–Crippen MR) is 158 cm³/mol. The second kappa shape index (κ2) is 10.1. The third kappa shape index (κ3) is 4.52. The molecule has 1 unspecified atom stereocenters. The molecule has 35 heavy (non-hydrogen) atoms. The van der Waals surface area contributed by atoms with Gasteiger partial charge in [0.05, 0.1) is 0 Å². The van der Waals surface area contributed by atoms with Crippen LogP contribution >= 0.6 is 0 Å². The van der Waals surface area contributed by atoms with E-state index in [0.29, 0.717) is 5.04 Å². The van der Waals surface area contributed by atoms with Gasteiger partial charge in [-0.3, -0.25) is 0 Å². The highest BCUT2D eigenvalue weighted by Crippen LogP contribution is 2.60. The summed E-state index contributed by atoms with van der Waals surface area (Å²) in [4.78, 5) is 0. The summed E-state index contributed by atoms with van der Waals surface area (Å²) in [5, 5.41) is 5.37. The average Bonchev–Trinajstić information content (AvgIpc) is 2.84. The lowest BCUT2D eigenvalue weighted by atomic mass is 9.97. The minimum Gasteiger partial charge on any atom is -0.417 e. The van der Waals surface area contributed by atoms with E-state index in [4.69, 9.17) is 4.43 Å². The average molecular weight is 507 g/mol. The van der Waals surface area contributed by atoms with E-state index >= 15 is 0 Å². The number of hydrogen-bond donors (Lipinski definition) is 0. The molecule has 0 bridgehead atoms. The number of benzene rings is 2. The van der Waals surface area contributed by atoms with E-state index < -0.39 is 16.4 Å². The maximum atomic E-state index is 6.68. The summed E-state index contributed by atoms with van der Waals surface area (Å²) in [6.07, 6.45) is 17.5. The Hall–Kier alpha value is -0.906. The van der Waals surface area contributed by atoms with Crippen molar-refractivity contribution in [3.8, 4) is 0 Å². The van der Waals surface area contributed by atoms with Crippen LogP contribution in [0.5, 0.6) is 0 Å². The summed E-state index contributed by atoms with van der Waals surface area (Å²) in [6, 6.07) is 14.4. The molecule has 0 saturated heterocycles. The van der Waals surface area contributed by atoms with Gasteiger partial charge in [0, 0.05) is 6.61 Å². The second-order valence-corrected chi connectivity index (χ2v) is 23.2. The van der Waals surface area contributed by atoms with Crippen LogP contribution in [-0.4, -0.2) is 23.0 Å². The van der Waals surface area contributed by atoms with Crippen LogP contribution in [-0.2, 0) is 4.43 Å². The summed E-state index contributed by atoms with van der Waals surface area (Å²) in [5.41, 5.74) is 4.67. The molecule has 2 saturated carbocycles. The molecule has 0 amide bonds. The van der Waals surface area contributed by atoms with Gasteiger partial charge in [-0.15, -0.1) is 0 Å². The van der Waals surface area contributed by atoms with E-state index in [-0.39, 0.29) is 0 Å². The van der Waals surface area contributed by atoms with Gasteiger partial charge in [0.25, 0.3) is 0 Å². The SMILES string of the molecule is CC(C)(C)[Si](C)(C)OCCCC1c2ccc3ccccc3c2[Si]1(C1CCCCC1)C1CCCCC1. The fourth-order valence-corrected chi connectivity index (χ4v) is 17.6. The summed E-state index contributed by atoms with van der Waals surface area (Å²) >= 11 is 0. The highest BCUT2D eigenvalue weighted by Gasteiger charge is 2.61. The van der Waals surface area contributed by atoms with Crippen molar-refractivity contribution in [2.75, 3.05) is 6.61 Å². The molecule has 0 aromatic heterocycles. The molecule has 0 spiro atoms. The quantitative estimate of drug-likeness (QED) is 0.268. The highest BCUT2D eigenvalue weighted by atomic mass is 28.4. The smallest absolute Gasteiger partial charge is 0.191 e. The van der Waals surface area contributed by atoms with Crippen LogP contribution in [0.1, 0.15) is 109 Å². The third-order valence-corrected chi connectivity index (χ3v) is 22.4. The molecule has 3 aliphatic rings. The molecule has 2 aromatic rings. The van der Waals surface area contributed by atoms with Crippen molar-refractivity contribution in [2.24, 2.45) is 0 Å². The van der Waals surface area contributed by atoms with Gasteiger partial charge < -0.3 is 4.43 Å². The van der Waals surface area contributed by atoms with Crippen molar-refractivity contribution in [1.82, 2.24) is 0 Å². The molecule has 2 fully saturated rings. The standard InChI is InChI=1S/C32H50OSi2/c1-32(2,3)34(4,5)33-24-14-21-30-29-23-22-25-15-12-13-20-28(25)31(29)35(30,26-16-8-6-9-17-26)27-18-10-7-11-19-27/h12-13,15,20,22-23,26-27,30H,6-11,14,16-19,21,24H2,1-5H3. The Kier molecular flexibility index (Phi) is 7.43. The van der Waals surface area contributed by atoms with Crippen molar-refractivity contribution in [2.45, 2.75) is 133 Å². The molecule has 1 nitrogen and oxygen atoms in total. The Morgan fingerprint density at radius 1 is 0.829 bits per heavy atom. The first-order chi connectivity index (χ1) is 16.8. The first-order valence-corrected chi connectivity index (χ1v) is 20.1. The van der Waals surface area contributed by atoms with Crippen LogP contribution in [0.4, 0.5) is 0 Å². The van der Waals surface area contributed by atoms with Gasteiger partial charge in [0.1, 0.15) is 8.07 Å². The van der Waals surface area contributed by atoms with Gasteiger partial charge in [0.2, 0.25) is 0 Å². The first kappa shape index (κ1) is 25.7. The Morgan fingerprint density at radius 2 is 1.43 bits per heavy atom. The molecular formula is C32H50OSi2. The van der Waals surface area contributed by atoms with E-state index in [1.165, 1.54) is 82.4 Å². The molecule has 1 aliphatic heterocycles. The van der Waals surface area contributed by atoms with Crippen LogP contribution < -0.4 is 5.19 Å². The maximum absolute atomic E-state index is 6.68. The molecule has 1 heterocycles. The van der Waals surface area contributed by atoms with E-state index in [1.54, 1.807) is 10.9 Å². The van der Waals surface area contributed by atoms with Crippen LogP contribution in [0, 0.1) is 0 Å². The Labute approximate surface area is 217 Å². The fourth-order valence-electron chi connectivity index (χ4n) is 8.11. The van der Waals surface area contributed by atoms with Gasteiger partial charge in [-0.2, -0.15) is 0 Å². The summed E-state index contributed by atoms with van der Waals surface area (Å²) in [6.45, 7) is 12.9. The lowest BCUT2D eigenvalue weighted by molar-refractivity contribution is 0.277. The first-order valence-electron chi connectivity index (χ1n) is 14.9. The van der Waals surface area contributed by atoms with Crippen molar-refractivity contribution >= 4 is 32.4 Å². The van der Waals surface area contributed by atoms with Gasteiger partial charge in [-0.05, 0) is 69.1 Å². The zero-order valence-electron chi connectivity index (χ0n) is 23.3. The van der Waals surface area contributed by atoms with Crippen LogP contribution in [0.2, 0.25) is 29.2 Å². The lowest BCUT2D eigenvalue weighted by Gasteiger charge is -2.60. The van der Waals surface area contributed by atoms with E-state index in [1.807, 2.05) is 5.19 Å². The Bertz CT molecular complexity index is 990. The lowest BCUT2D eigenvalue weighted by Crippen LogP contribution is -2.70. The topological polar surface area (TPSA) is 9.23 Å². The van der Waals surface area contributed by atoms with Crippen molar-refractivity contribution in [3.05, 3.63) is 42.0 Å². The third-order valence-electron chi connectivity index (χ3n) is 10.8. The fraction of sp³-hybridized carbons (Fsp3) is 0.688. The molecular weight excluding hydrogens is 457 g/mol. The normalized spacial score (nSPS) is 23.7. The summed E-state index contributed by atoms with van der Waals surface area (Å²) in [7, 11) is -3.30. The number of fused-ring (bicyclic) bond motifs is 3. The molecule has 2 aliphatic carbocycles. The van der Waals surface area contributed by atoms with Crippen molar-refractivity contribution in [1.29, 1.82) is 0 Å². The minimum atomic E-state index is -1.67. The molecule has 192 valence electrons. The minimum absolute atomic E-state index is 0.303. The largest absolute Gasteiger partial charge is 0.417 e. The van der Waals surface area contributed by atoms with Crippen LogP contribution in [0.15, 0.2) is 36.4 Å².